The summed E-state index contributed by atoms with van der Waals surface area (Å²) in [5.41, 5.74) is 2.76. The lowest BCUT2D eigenvalue weighted by Crippen LogP contribution is -2.50. The quantitative estimate of drug-likeness (QED) is 0.399. The Hall–Kier alpha value is -3.30. The van der Waals surface area contributed by atoms with Crippen LogP contribution in [0.2, 0.25) is 5.02 Å². The van der Waals surface area contributed by atoms with Gasteiger partial charge in [-0.1, -0.05) is 35.9 Å². The molecule has 3 aromatic rings. The van der Waals surface area contributed by atoms with Crippen LogP contribution in [0.5, 0.6) is 6.01 Å². The van der Waals surface area contributed by atoms with Gasteiger partial charge in [0.25, 0.3) is 0 Å². The fourth-order valence-electron chi connectivity index (χ4n) is 6.24. The predicted octanol–water partition coefficient (Wildman–Crippen LogP) is 5.23. The molecule has 0 aliphatic carbocycles. The van der Waals surface area contributed by atoms with E-state index in [0.29, 0.717) is 51.3 Å². The molecule has 42 heavy (non-hydrogen) atoms. The number of piperazine rings is 1. The summed E-state index contributed by atoms with van der Waals surface area (Å²) in [5.74, 6) is 1.41. The number of amides is 1. The second kappa shape index (κ2) is 11.8. The van der Waals surface area contributed by atoms with Gasteiger partial charge in [0.2, 0.25) is 0 Å². The van der Waals surface area contributed by atoms with E-state index in [1.807, 2.05) is 32.9 Å². The molecule has 0 spiro atoms. The summed E-state index contributed by atoms with van der Waals surface area (Å²) in [6, 6.07) is 12.8. The van der Waals surface area contributed by atoms with E-state index in [-0.39, 0.29) is 6.09 Å². The van der Waals surface area contributed by atoms with Crippen LogP contribution in [0.1, 0.15) is 38.4 Å². The van der Waals surface area contributed by atoms with Gasteiger partial charge in [0.05, 0.1) is 23.9 Å². The van der Waals surface area contributed by atoms with Gasteiger partial charge in [0.1, 0.15) is 11.4 Å². The van der Waals surface area contributed by atoms with E-state index in [9.17, 15) is 4.79 Å². The molecular formula is C32H41ClN6O3. The number of carbonyl (C=O) groups is 1. The average molecular weight is 593 g/mol. The maximum absolute atomic E-state index is 12.7. The number of fused-ring (bicyclic) bond motifs is 2. The van der Waals surface area contributed by atoms with Crippen molar-refractivity contribution in [2.24, 2.45) is 5.92 Å². The molecule has 0 saturated carbocycles. The number of anilines is 2. The lowest BCUT2D eigenvalue weighted by Gasteiger charge is -2.38. The maximum Gasteiger partial charge on any atom is 0.410 e. The first kappa shape index (κ1) is 28.8. The fraction of sp³-hybridized carbons (Fsp3) is 0.531. The van der Waals surface area contributed by atoms with Gasteiger partial charge in [-0.2, -0.15) is 9.97 Å². The number of likely N-dealkylation sites (tertiary alicyclic amines) is 1. The van der Waals surface area contributed by atoms with Crippen LogP contribution < -0.4 is 14.5 Å². The molecule has 0 bridgehead atoms. The highest BCUT2D eigenvalue weighted by Crippen LogP contribution is 2.37. The smallest absolute Gasteiger partial charge is 0.410 e. The molecule has 9 nitrogen and oxygen atoms in total. The molecule has 2 aromatic carbocycles. The number of ether oxygens (including phenoxy) is 2. The Kier molecular flexibility index (Phi) is 8.07. The van der Waals surface area contributed by atoms with Gasteiger partial charge < -0.3 is 29.1 Å². The normalized spacial score (nSPS) is 19.7. The van der Waals surface area contributed by atoms with Crippen LogP contribution in [0.25, 0.3) is 10.8 Å². The van der Waals surface area contributed by atoms with Gasteiger partial charge in [0.15, 0.2) is 0 Å². The molecule has 4 heterocycles. The number of rotatable bonds is 5. The van der Waals surface area contributed by atoms with Crippen LogP contribution in [0, 0.1) is 5.92 Å². The van der Waals surface area contributed by atoms with Crippen molar-refractivity contribution >= 4 is 40.0 Å². The Morgan fingerprint density at radius 2 is 1.76 bits per heavy atom. The molecule has 0 N–H and O–H groups in total. The third-order valence-corrected chi connectivity index (χ3v) is 8.68. The molecule has 6 rings (SSSR count). The molecule has 0 radical (unpaired) electrons. The average Bonchev–Trinajstić information content (AvgIpc) is 3.39. The minimum absolute atomic E-state index is 0.262. The zero-order valence-electron chi connectivity index (χ0n) is 25.1. The van der Waals surface area contributed by atoms with Gasteiger partial charge in [-0.25, -0.2) is 4.79 Å². The van der Waals surface area contributed by atoms with Crippen molar-refractivity contribution in [3.05, 3.63) is 52.7 Å². The maximum atomic E-state index is 12.7. The fourth-order valence-corrected chi connectivity index (χ4v) is 6.52. The molecule has 10 heteroatoms. The van der Waals surface area contributed by atoms with Crippen LogP contribution >= 0.6 is 11.6 Å². The lowest BCUT2D eigenvalue weighted by atomic mass is 10.0. The van der Waals surface area contributed by atoms with Crippen LogP contribution in [-0.4, -0.2) is 90.9 Å². The number of halogens is 1. The Morgan fingerprint density at radius 1 is 1.00 bits per heavy atom. The zero-order valence-corrected chi connectivity index (χ0v) is 25.9. The van der Waals surface area contributed by atoms with Crippen molar-refractivity contribution in [3.8, 4) is 6.01 Å². The van der Waals surface area contributed by atoms with E-state index >= 15 is 0 Å². The number of aromatic nitrogens is 2. The van der Waals surface area contributed by atoms with Gasteiger partial charge in [-0.05, 0) is 64.7 Å². The summed E-state index contributed by atoms with van der Waals surface area (Å²) in [7, 11) is 2.15. The molecule has 1 aromatic heterocycles. The summed E-state index contributed by atoms with van der Waals surface area (Å²) in [6.07, 6.45) is 1.67. The molecule has 0 unspecified atom stereocenters. The number of hydrogen-bond donors (Lipinski definition) is 0. The number of benzene rings is 2. The monoisotopic (exact) mass is 592 g/mol. The zero-order chi connectivity index (χ0) is 29.4. The van der Waals surface area contributed by atoms with Crippen LogP contribution in [0.3, 0.4) is 0 Å². The summed E-state index contributed by atoms with van der Waals surface area (Å²) in [4.78, 5) is 31.4. The van der Waals surface area contributed by atoms with Gasteiger partial charge >= 0.3 is 12.1 Å². The second-order valence-electron chi connectivity index (χ2n) is 12.7. The highest BCUT2D eigenvalue weighted by Gasteiger charge is 2.31. The molecule has 3 aliphatic heterocycles. The number of nitrogens with zero attached hydrogens (tertiary/aromatic N) is 6. The largest absolute Gasteiger partial charge is 0.463 e. The first-order chi connectivity index (χ1) is 20.1. The number of carbonyl (C=O) groups excluding carboxylic acids is 1. The van der Waals surface area contributed by atoms with Gasteiger partial charge in [-0.3, -0.25) is 0 Å². The highest BCUT2D eigenvalue weighted by atomic mass is 35.5. The number of hydrogen-bond acceptors (Lipinski definition) is 8. The SMILES string of the molecule is CN1CC[C@@H](COc2nc3c(c(N4CCN(C(=O)OC(C)(C)C)CC4)n2)CCN(c2cccc4cccc(Cl)c24)C3)C1. The van der Waals surface area contributed by atoms with E-state index in [1.165, 1.54) is 0 Å². The first-order valence-corrected chi connectivity index (χ1v) is 15.4. The lowest BCUT2D eigenvalue weighted by molar-refractivity contribution is 0.0240. The summed E-state index contributed by atoms with van der Waals surface area (Å²) < 4.78 is 11.9. The van der Waals surface area contributed by atoms with Crippen LogP contribution in [0.15, 0.2) is 36.4 Å². The van der Waals surface area contributed by atoms with E-state index < -0.39 is 5.60 Å². The van der Waals surface area contributed by atoms with Crippen molar-refractivity contribution in [3.63, 3.8) is 0 Å². The van der Waals surface area contributed by atoms with E-state index in [4.69, 9.17) is 31.0 Å². The van der Waals surface area contributed by atoms with Gasteiger partial charge in [-0.15, -0.1) is 0 Å². The summed E-state index contributed by atoms with van der Waals surface area (Å²) in [5, 5.41) is 2.95. The third-order valence-electron chi connectivity index (χ3n) is 8.36. The summed E-state index contributed by atoms with van der Waals surface area (Å²) >= 11 is 6.70. The molecule has 1 amide bonds. The first-order valence-electron chi connectivity index (χ1n) is 15.0. The van der Waals surface area contributed by atoms with Crippen LogP contribution in [0.4, 0.5) is 16.3 Å². The topological polar surface area (TPSA) is 74.3 Å². The Labute approximate surface area is 253 Å². The minimum atomic E-state index is -0.513. The van der Waals surface area contributed by atoms with Crippen LogP contribution in [-0.2, 0) is 17.7 Å². The minimum Gasteiger partial charge on any atom is -0.463 e. The van der Waals surface area contributed by atoms with Gasteiger partial charge in [0, 0.05) is 61.8 Å². The standard InChI is InChI=1S/C32H41ClN6O3/c1-32(2,3)42-31(40)38-17-15-37(16-18-38)29-24-12-14-39(27-10-6-8-23-7-5-9-25(33)28(23)27)20-26(24)34-30(35-29)41-21-22-11-13-36(4)19-22/h5-10,22H,11-21H2,1-4H3/t22-/m1/s1. The molecule has 3 aliphatic rings. The van der Waals surface area contributed by atoms with E-state index in [2.05, 4.69) is 46.0 Å². The summed E-state index contributed by atoms with van der Waals surface area (Å²) in [6.45, 7) is 12.4. The van der Waals surface area contributed by atoms with Crippen molar-refractivity contribution in [1.29, 1.82) is 0 Å². The second-order valence-corrected chi connectivity index (χ2v) is 13.1. The van der Waals surface area contributed by atoms with Crippen molar-refractivity contribution in [2.45, 2.75) is 45.8 Å². The predicted molar refractivity (Wildman–Crippen MR) is 167 cm³/mol. The molecule has 2 fully saturated rings. The molecule has 1 atom stereocenters. The molecular weight excluding hydrogens is 552 g/mol. The van der Waals surface area contributed by atoms with Crippen molar-refractivity contribution in [2.75, 3.05) is 69.3 Å². The third kappa shape index (κ3) is 6.22. The van der Waals surface area contributed by atoms with E-state index in [1.54, 1.807) is 4.90 Å². The Morgan fingerprint density at radius 3 is 2.48 bits per heavy atom. The molecule has 224 valence electrons. The van der Waals surface area contributed by atoms with Crippen molar-refractivity contribution < 1.29 is 14.3 Å². The van der Waals surface area contributed by atoms with E-state index in [0.717, 1.165) is 71.0 Å². The molecule has 2 saturated heterocycles. The Balaban J connectivity index is 1.26. The Bertz CT molecular complexity index is 1450. The highest BCUT2D eigenvalue weighted by molar-refractivity contribution is 6.36. The van der Waals surface area contributed by atoms with Crippen molar-refractivity contribution in [1.82, 2.24) is 19.8 Å².